The lowest BCUT2D eigenvalue weighted by Gasteiger charge is -2.39. The first-order chi connectivity index (χ1) is 15.8. The Kier molecular flexibility index (Phi) is 4.05. The molecule has 1 fully saturated rings. The number of anilines is 2. The normalized spacial score (nSPS) is 21.6. The van der Waals surface area contributed by atoms with Gasteiger partial charge in [0.15, 0.2) is 5.78 Å². The van der Waals surface area contributed by atoms with Crippen molar-refractivity contribution in [2.75, 3.05) is 22.9 Å². The van der Waals surface area contributed by atoms with Crippen LogP contribution in [-0.2, 0) is 14.1 Å². The fourth-order valence-electron chi connectivity index (χ4n) is 5.49. The number of aromatic nitrogens is 2. The monoisotopic (exact) mass is 444 g/mol. The molecule has 2 unspecified atom stereocenters. The minimum absolute atomic E-state index is 0.106. The van der Waals surface area contributed by atoms with Crippen molar-refractivity contribution >= 4 is 40.2 Å². The van der Waals surface area contributed by atoms with Crippen LogP contribution in [0.15, 0.2) is 35.1 Å². The zero-order valence-electron chi connectivity index (χ0n) is 18.7. The van der Waals surface area contributed by atoms with E-state index in [4.69, 9.17) is 0 Å². The minimum atomic E-state index is -0.728. The molecule has 8 heteroatoms. The smallest absolute Gasteiger partial charge is 0.328 e. The van der Waals surface area contributed by atoms with Crippen LogP contribution in [-0.4, -0.2) is 51.2 Å². The Morgan fingerprint density at radius 1 is 0.970 bits per heavy atom. The van der Waals surface area contributed by atoms with Crippen LogP contribution in [0.4, 0.5) is 11.4 Å². The molecule has 6 rings (SSSR count). The van der Waals surface area contributed by atoms with Gasteiger partial charge in [-0.25, -0.2) is 4.79 Å². The Morgan fingerprint density at radius 3 is 2.39 bits per heavy atom. The second-order valence-corrected chi connectivity index (χ2v) is 9.18. The van der Waals surface area contributed by atoms with Gasteiger partial charge in [0.05, 0.1) is 34.1 Å². The predicted octanol–water partition coefficient (Wildman–Crippen LogP) is 1.99. The molecule has 3 aromatic rings. The first-order valence-corrected chi connectivity index (χ1v) is 11.1. The highest BCUT2D eigenvalue weighted by molar-refractivity contribution is 6.28. The number of fused-ring (bicyclic) bond motifs is 2. The van der Waals surface area contributed by atoms with Crippen LogP contribution in [0.2, 0.25) is 0 Å². The number of aryl methyl sites for hydroxylation is 3. The molecular weight excluding hydrogens is 420 g/mol. The quantitative estimate of drug-likeness (QED) is 0.653. The summed E-state index contributed by atoms with van der Waals surface area (Å²) in [6.45, 7) is 2.95. The Bertz CT molecular complexity index is 1480. The molecule has 1 aliphatic carbocycles. The van der Waals surface area contributed by atoms with E-state index in [9.17, 15) is 19.5 Å². The Morgan fingerprint density at radius 2 is 1.70 bits per heavy atom. The van der Waals surface area contributed by atoms with Gasteiger partial charge in [-0.15, -0.1) is 0 Å². The summed E-state index contributed by atoms with van der Waals surface area (Å²) in [6.07, 6.45) is 3.86. The van der Waals surface area contributed by atoms with Crippen LogP contribution < -0.4 is 15.5 Å². The van der Waals surface area contributed by atoms with Crippen molar-refractivity contribution in [2.24, 2.45) is 14.1 Å². The molecule has 1 saturated heterocycles. The van der Waals surface area contributed by atoms with E-state index in [1.54, 1.807) is 34.2 Å². The number of Topliss-reactive ketones (excluding diaryl/α,β-unsaturated/α-hetero) is 1. The van der Waals surface area contributed by atoms with E-state index in [0.717, 1.165) is 16.6 Å². The summed E-state index contributed by atoms with van der Waals surface area (Å²) in [5.41, 5.74) is 5.04. The molecule has 2 bridgehead atoms. The predicted molar refractivity (Wildman–Crippen MR) is 126 cm³/mol. The third-order valence-corrected chi connectivity index (χ3v) is 7.25. The number of amides is 1. The minimum Gasteiger partial charge on any atom is -0.391 e. The van der Waals surface area contributed by atoms with Crippen LogP contribution in [0.3, 0.4) is 0 Å². The standard InChI is InChI=1S/C25H24N4O4/c1-13-10-19-20(27(3)25(33)26(19)2)11-18(13)29-17-7-5-14-4-6-16(28-9-8-15(30)12-28)22(24(29)32)21(14)23(17)31/h4-7,10-11,15,17,30H,8-9,12H2,1-3H3. The number of benzene rings is 2. The first-order valence-electron chi connectivity index (χ1n) is 11.1. The number of hydrogen-bond acceptors (Lipinski definition) is 5. The number of aliphatic hydroxyl groups is 1. The maximum atomic E-state index is 14.0. The molecule has 0 spiro atoms. The maximum Gasteiger partial charge on any atom is 0.328 e. The molecule has 3 heterocycles. The van der Waals surface area contributed by atoms with Crippen LogP contribution in [0.25, 0.3) is 17.1 Å². The summed E-state index contributed by atoms with van der Waals surface area (Å²) < 4.78 is 3.13. The van der Waals surface area contributed by atoms with Gasteiger partial charge < -0.3 is 10.0 Å². The Hall–Kier alpha value is -3.65. The van der Waals surface area contributed by atoms with Gasteiger partial charge in [0.25, 0.3) is 5.91 Å². The highest BCUT2D eigenvalue weighted by Crippen LogP contribution is 2.41. The van der Waals surface area contributed by atoms with Crippen molar-refractivity contribution in [3.8, 4) is 0 Å². The largest absolute Gasteiger partial charge is 0.391 e. The lowest BCUT2D eigenvalue weighted by molar-refractivity contribution is 0.0885. The topological polar surface area (TPSA) is 87.8 Å². The van der Waals surface area contributed by atoms with E-state index in [1.165, 1.54) is 0 Å². The van der Waals surface area contributed by atoms with Crippen molar-refractivity contribution in [1.29, 1.82) is 0 Å². The highest BCUT2D eigenvalue weighted by atomic mass is 16.3. The molecule has 2 aliphatic heterocycles. The van der Waals surface area contributed by atoms with Crippen LogP contribution in [0.1, 0.15) is 38.3 Å². The van der Waals surface area contributed by atoms with Gasteiger partial charge in [-0.2, -0.15) is 0 Å². The number of carbonyl (C=O) groups is 2. The third kappa shape index (κ3) is 2.58. The summed E-state index contributed by atoms with van der Waals surface area (Å²) in [4.78, 5) is 43.6. The second-order valence-electron chi connectivity index (χ2n) is 9.18. The van der Waals surface area contributed by atoms with E-state index in [0.29, 0.717) is 47.5 Å². The molecule has 1 aromatic heterocycles. The SMILES string of the molecule is Cc1cc2c(cc1N1C(=O)c3c(N4CCC(O)C4)ccc4c3C(=O)C1C=C4)n(C)c(=O)n2C. The van der Waals surface area contributed by atoms with Crippen LogP contribution in [0, 0.1) is 6.92 Å². The number of aliphatic hydroxyl groups excluding tert-OH is 1. The van der Waals surface area contributed by atoms with Crippen molar-refractivity contribution in [3.63, 3.8) is 0 Å². The maximum absolute atomic E-state index is 14.0. The van der Waals surface area contributed by atoms with Crippen LogP contribution >= 0.6 is 0 Å². The Labute approximate surface area is 189 Å². The fraction of sp³-hybridized carbons (Fsp3) is 0.320. The molecular formula is C25H24N4O4. The summed E-state index contributed by atoms with van der Waals surface area (Å²) in [7, 11) is 3.42. The van der Waals surface area contributed by atoms with Crippen LogP contribution in [0.5, 0.6) is 0 Å². The molecule has 0 saturated carbocycles. The van der Waals surface area contributed by atoms with Gasteiger partial charge in [0.2, 0.25) is 0 Å². The first kappa shape index (κ1) is 20.0. The fourth-order valence-corrected chi connectivity index (χ4v) is 5.49. The Balaban J connectivity index is 1.58. The number of nitrogens with zero attached hydrogens (tertiary/aromatic N) is 4. The zero-order chi connectivity index (χ0) is 23.2. The van der Waals surface area contributed by atoms with E-state index in [2.05, 4.69) is 0 Å². The molecule has 3 aliphatic rings. The number of rotatable bonds is 2. The molecule has 2 aromatic carbocycles. The molecule has 2 atom stereocenters. The van der Waals surface area contributed by atoms with Gasteiger partial charge in [-0.05, 0) is 42.7 Å². The molecule has 168 valence electrons. The molecule has 1 N–H and O–H groups in total. The number of hydrogen-bond donors (Lipinski definition) is 1. The number of imidazole rings is 1. The van der Waals surface area contributed by atoms with E-state index in [-0.39, 0.29) is 17.4 Å². The van der Waals surface area contributed by atoms with Gasteiger partial charge in [-0.1, -0.05) is 18.2 Å². The molecule has 8 nitrogen and oxygen atoms in total. The summed E-state index contributed by atoms with van der Waals surface area (Å²) >= 11 is 0. The summed E-state index contributed by atoms with van der Waals surface area (Å²) in [5, 5.41) is 10.1. The van der Waals surface area contributed by atoms with Crippen molar-refractivity contribution in [1.82, 2.24) is 9.13 Å². The summed E-state index contributed by atoms with van der Waals surface area (Å²) in [6, 6.07) is 6.74. The van der Waals surface area contributed by atoms with Gasteiger partial charge >= 0.3 is 5.69 Å². The van der Waals surface area contributed by atoms with Gasteiger partial charge in [-0.3, -0.25) is 23.6 Å². The molecule has 33 heavy (non-hydrogen) atoms. The third-order valence-electron chi connectivity index (χ3n) is 7.25. The van der Waals surface area contributed by atoms with Crippen molar-refractivity contribution in [2.45, 2.75) is 25.5 Å². The lowest BCUT2D eigenvalue weighted by atomic mass is 9.82. The van der Waals surface area contributed by atoms with Gasteiger partial charge in [0.1, 0.15) is 6.04 Å². The average Bonchev–Trinajstić information content (AvgIpc) is 3.31. The highest BCUT2D eigenvalue weighted by Gasteiger charge is 2.44. The van der Waals surface area contributed by atoms with Gasteiger partial charge in [0, 0.05) is 32.7 Å². The summed E-state index contributed by atoms with van der Waals surface area (Å²) in [5.74, 6) is -0.342. The van der Waals surface area contributed by atoms with E-state index in [1.807, 2.05) is 42.2 Å². The average molecular weight is 444 g/mol. The van der Waals surface area contributed by atoms with E-state index >= 15 is 0 Å². The number of ketones is 1. The van der Waals surface area contributed by atoms with Crippen molar-refractivity contribution < 1.29 is 14.7 Å². The van der Waals surface area contributed by atoms with E-state index < -0.39 is 12.1 Å². The number of β-amino-alcohol motifs (C(OH)–C–C–N with tert-alkyl or cyclic N) is 1. The van der Waals surface area contributed by atoms with Crippen molar-refractivity contribution in [3.05, 3.63) is 63.1 Å². The molecule has 1 amide bonds. The lowest BCUT2D eigenvalue weighted by Crippen LogP contribution is -2.51. The zero-order valence-corrected chi connectivity index (χ0v) is 18.7. The molecule has 0 radical (unpaired) electrons. The second kappa shape index (κ2) is 6.68. The number of carbonyl (C=O) groups excluding carboxylic acids is 2.